The number of nitrogens with zero attached hydrogens (tertiary/aromatic N) is 4. The van der Waals surface area contributed by atoms with Crippen LogP contribution in [0, 0.1) is 0 Å². The van der Waals surface area contributed by atoms with Crippen molar-refractivity contribution in [1.82, 2.24) is 31.0 Å². The van der Waals surface area contributed by atoms with Gasteiger partial charge >= 0.3 is 12.2 Å². The van der Waals surface area contributed by atoms with E-state index >= 15 is 0 Å². The Kier molecular flexibility index (Phi) is 13.3. The third-order valence-corrected chi connectivity index (χ3v) is 7.92. The lowest BCUT2D eigenvalue weighted by Crippen LogP contribution is -2.25. The maximum absolute atomic E-state index is 12.5. The lowest BCUT2D eigenvalue weighted by Gasteiger charge is -2.14. The number of hydrogen-bond acceptors (Lipinski definition) is 11. The van der Waals surface area contributed by atoms with Crippen molar-refractivity contribution in [2.45, 2.75) is 57.9 Å². The van der Waals surface area contributed by atoms with Crippen molar-refractivity contribution in [2.75, 3.05) is 31.4 Å². The number of aromatic nitrogens is 4. The van der Waals surface area contributed by atoms with Crippen molar-refractivity contribution >= 4 is 46.3 Å². The number of rotatable bonds is 15. The molecule has 14 nitrogen and oxygen atoms in total. The maximum atomic E-state index is 12.5. The number of unbranched alkanes of at least 4 members (excludes halogenated alkanes) is 1. The number of carbonyl (C=O) groups excluding carboxylic acids is 4. The number of alkyl carbamates (subject to hydrolysis) is 2. The van der Waals surface area contributed by atoms with Crippen molar-refractivity contribution in [3.05, 3.63) is 81.5 Å². The maximum Gasteiger partial charge on any atom is 0.407 e. The minimum atomic E-state index is -0.517. The van der Waals surface area contributed by atoms with Crippen molar-refractivity contribution in [2.24, 2.45) is 0 Å². The molecule has 1 aliphatic carbocycles. The van der Waals surface area contributed by atoms with Gasteiger partial charge in [-0.05, 0) is 60.9 Å². The summed E-state index contributed by atoms with van der Waals surface area (Å²) in [4.78, 5) is 47.7. The van der Waals surface area contributed by atoms with Crippen LogP contribution in [0.4, 0.5) is 20.5 Å². The second kappa shape index (κ2) is 18.1. The molecule has 3 aromatic rings. The molecule has 15 heteroatoms. The number of aryl methyl sites for hydroxylation is 2. The first kappa shape index (κ1) is 34.7. The van der Waals surface area contributed by atoms with Crippen LogP contribution in [0.3, 0.4) is 0 Å². The number of carbonyl (C=O) groups is 4. The Morgan fingerprint density at radius 1 is 0.809 bits per heavy atom. The molecule has 4 amide bonds. The van der Waals surface area contributed by atoms with Crippen LogP contribution in [0.5, 0.6) is 0 Å². The van der Waals surface area contributed by atoms with E-state index in [1.807, 2.05) is 42.5 Å². The molecule has 0 saturated carbocycles. The first-order chi connectivity index (χ1) is 22.8. The van der Waals surface area contributed by atoms with E-state index in [-0.39, 0.29) is 24.7 Å². The number of ether oxygens (including phenoxy) is 2. The van der Waals surface area contributed by atoms with E-state index in [1.165, 1.54) is 25.6 Å². The first-order valence-electron chi connectivity index (χ1n) is 15.1. The molecule has 0 spiro atoms. The number of amides is 4. The lowest BCUT2D eigenvalue weighted by atomic mass is 9.97. The fourth-order valence-electron chi connectivity index (χ4n) is 4.72. The molecule has 0 radical (unpaired) electrons. The van der Waals surface area contributed by atoms with E-state index in [0.29, 0.717) is 24.0 Å². The monoisotopic (exact) mass is 662 g/mol. The summed E-state index contributed by atoms with van der Waals surface area (Å²) in [6.45, 7) is 0.688. The standard InChI is InChI=1S/C32H38N8O6S/c1-45-31(43)33-19-23-9-5-7-21(15-23)17-27(41)35-26-14-13-25(37-38-26)11-3-4-12-29-39-40-30(47-29)36-28(42)18-22-8-6-10-24(16-22)20-34-32(44)46-2/h6-8,10,13-16H,3-5,9,11-12,17-20H2,1-2H3,(H,33,43)(H,34,44)(H,35,38,41)(H,36,40,42). The van der Waals surface area contributed by atoms with E-state index in [0.717, 1.165) is 71.5 Å². The predicted molar refractivity (Wildman–Crippen MR) is 176 cm³/mol. The second-order valence-electron chi connectivity index (χ2n) is 10.7. The third kappa shape index (κ3) is 12.3. The molecule has 0 fully saturated rings. The van der Waals surface area contributed by atoms with E-state index in [2.05, 4.69) is 51.1 Å². The molecule has 0 saturated heterocycles. The molecule has 0 unspecified atom stereocenters. The third-order valence-electron chi connectivity index (χ3n) is 7.02. The molecule has 4 rings (SSSR count). The normalized spacial score (nSPS) is 12.3. The summed E-state index contributed by atoms with van der Waals surface area (Å²) in [5, 5.41) is 28.8. The van der Waals surface area contributed by atoms with Gasteiger partial charge in [-0.3, -0.25) is 9.59 Å². The average Bonchev–Trinajstić information content (AvgIpc) is 3.52. The van der Waals surface area contributed by atoms with E-state index in [9.17, 15) is 19.2 Å². The quantitative estimate of drug-likeness (QED) is 0.171. The zero-order chi connectivity index (χ0) is 33.4. The number of nitrogens with one attached hydrogen (secondary N) is 4. The van der Waals surface area contributed by atoms with Gasteiger partial charge in [0.05, 0.1) is 32.8 Å². The number of methoxy groups -OCH3 is 2. The Morgan fingerprint density at radius 2 is 1.55 bits per heavy atom. The molecule has 47 heavy (non-hydrogen) atoms. The highest BCUT2D eigenvalue weighted by molar-refractivity contribution is 7.15. The van der Waals surface area contributed by atoms with Crippen molar-refractivity contribution in [3.63, 3.8) is 0 Å². The van der Waals surface area contributed by atoms with Gasteiger partial charge in [0.2, 0.25) is 16.9 Å². The summed E-state index contributed by atoms with van der Waals surface area (Å²) in [5.74, 6) is -0.00644. The van der Waals surface area contributed by atoms with Gasteiger partial charge in [0, 0.05) is 19.5 Å². The Balaban J connectivity index is 1.13. The molecule has 0 atom stereocenters. The molecule has 1 aromatic carbocycles. The van der Waals surface area contributed by atoms with Crippen LogP contribution in [0.15, 0.2) is 59.7 Å². The summed E-state index contributed by atoms with van der Waals surface area (Å²) in [6, 6.07) is 11.0. The van der Waals surface area contributed by atoms with Gasteiger partial charge in [0.1, 0.15) is 5.01 Å². The average molecular weight is 663 g/mol. The zero-order valence-corrected chi connectivity index (χ0v) is 27.2. The highest BCUT2D eigenvalue weighted by atomic mass is 32.1. The Bertz CT molecular complexity index is 1600. The van der Waals surface area contributed by atoms with Crippen LogP contribution in [0.25, 0.3) is 0 Å². The summed E-state index contributed by atoms with van der Waals surface area (Å²) < 4.78 is 9.18. The lowest BCUT2D eigenvalue weighted by molar-refractivity contribution is -0.116. The molecular formula is C32H38N8O6S. The van der Waals surface area contributed by atoms with Gasteiger partial charge in [0.15, 0.2) is 5.82 Å². The van der Waals surface area contributed by atoms with Crippen molar-refractivity contribution in [3.8, 4) is 0 Å². The van der Waals surface area contributed by atoms with Crippen LogP contribution in [0.1, 0.15) is 53.9 Å². The highest BCUT2D eigenvalue weighted by Crippen LogP contribution is 2.21. The van der Waals surface area contributed by atoms with Crippen LogP contribution in [-0.4, -0.2) is 65.2 Å². The molecule has 0 bridgehead atoms. The highest BCUT2D eigenvalue weighted by Gasteiger charge is 2.13. The van der Waals surface area contributed by atoms with Crippen LogP contribution in [0.2, 0.25) is 0 Å². The number of anilines is 2. The van der Waals surface area contributed by atoms with Gasteiger partial charge in [0.25, 0.3) is 0 Å². The largest absolute Gasteiger partial charge is 0.453 e. The predicted octanol–water partition coefficient (Wildman–Crippen LogP) is 4.26. The minimum Gasteiger partial charge on any atom is -0.453 e. The number of benzene rings is 1. The summed E-state index contributed by atoms with van der Waals surface area (Å²) in [5.41, 5.74) is 4.41. The SMILES string of the molecule is COC(=O)NCC1=CC(CC(=O)Nc2ccc(CCCCc3nnc(NC(=O)Cc4cccc(CNC(=O)OC)c4)s3)nn2)=CCC1. The number of hydrogen-bond donors (Lipinski definition) is 4. The summed E-state index contributed by atoms with van der Waals surface area (Å²) >= 11 is 1.35. The van der Waals surface area contributed by atoms with Gasteiger partial charge < -0.3 is 30.7 Å². The topological polar surface area (TPSA) is 186 Å². The van der Waals surface area contributed by atoms with E-state index in [4.69, 9.17) is 0 Å². The molecule has 4 N–H and O–H groups in total. The molecule has 2 heterocycles. The van der Waals surface area contributed by atoms with Gasteiger partial charge in [-0.15, -0.1) is 15.3 Å². The molecular weight excluding hydrogens is 624 g/mol. The molecule has 248 valence electrons. The minimum absolute atomic E-state index is 0.165. The van der Waals surface area contributed by atoms with Crippen molar-refractivity contribution in [1.29, 1.82) is 0 Å². The molecule has 0 aliphatic heterocycles. The van der Waals surface area contributed by atoms with Gasteiger partial charge in [-0.2, -0.15) is 5.10 Å². The second-order valence-corrected chi connectivity index (χ2v) is 11.8. The molecule has 1 aliphatic rings. The fraction of sp³-hybridized carbons (Fsp3) is 0.375. The van der Waals surface area contributed by atoms with E-state index < -0.39 is 12.2 Å². The van der Waals surface area contributed by atoms with E-state index in [1.54, 1.807) is 6.07 Å². The summed E-state index contributed by atoms with van der Waals surface area (Å²) in [7, 11) is 2.62. The Morgan fingerprint density at radius 3 is 2.32 bits per heavy atom. The van der Waals surface area contributed by atoms with Crippen LogP contribution >= 0.6 is 11.3 Å². The Hall–Kier alpha value is -5.18. The zero-order valence-electron chi connectivity index (χ0n) is 26.3. The summed E-state index contributed by atoms with van der Waals surface area (Å²) in [6.07, 6.45) is 8.09. The molecule has 2 aromatic heterocycles. The first-order valence-corrected chi connectivity index (χ1v) is 16.0. The van der Waals surface area contributed by atoms with Crippen molar-refractivity contribution < 1.29 is 28.7 Å². The fourth-order valence-corrected chi connectivity index (χ4v) is 5.52. The number of allylic oxidation sites excluding steroid dienone is 2. The van der Waals surface area contributed by atoms with Gasteiger partial charge in [-0.1, -0.05) is 53.3 Å². The van der Waals surface area contributed by atoms with Crippen LogP contribution in [-0.2, 0) is 44.9 Å². The van der Waals surface area contributed by atoms with Gasteiger partial charge in [-0.25, -0.2) is 9.59 Å². The smallest absolute Gasteiger partial charge is 0.407 e. The Labute approximate surface area is 276 Å². The van der Waals surface area contributed by atoms with Crippen LogP contribution < -0.4 is 21.3 Å².